The first-order chi connectivity index (χ1) is 23.0. The summed E-state index contributed by atoms with van der Waals surface area (Å²) in [6, 6.07) is 49.2. The van der Waals surface area contributed by atoms with Crippen LogP contribution in [0.5, 0.6) is 0 Å². The molecule has 1 aliphatic carbocycles. The van der Waals surface area contributed by atoms with Crippen LogP contribution in [0.15, 0.2) is 146 Å². The van der Waals surface area contributed by atoms with Crippen LogP contribution in [0, 0.1) is 5.41 Å². The lowest BCUT2D eigenvalue weighted by atomic mass is 9.81. The summed E-state index contributed by atoms with van der Waals surface area (Å²) in [5.74, 6) is 0. The Kier molecular flexibility index (Phi) is 7.23. The van der Waals surface area contributed by atoms with Gasteiger partial charge in [-0.15, -0.1) is 11.3 Å². The van der Waals surface area contributed by atoms with E-state index in [1.165, 1.54) is 48.0 Å². The number of thiophene rings is 1. The number of rotatable bonds is 8. The van der Waals surface area contributed by atoms with Crippen molar-refractivity contribution in [1.82, 2.24) is 5.32 Å². The van der Waals surface area contributed by atoms with Gasteiger partial charge in [-0.05, 0) is 57.7 Å². The third-order valence-corrected chi connectivity index (χ3v) is 10.7. The van der Waals surface area contributed by atoms with E-state index in [1.54, 1.807) is 11.3 Å². The SMILES string of the molecule is CC1(C)c2ccccc2-c2ccc(-c3ccccc3NCN/C(=C\C(=N)c3ccccc3)c3cccc4c3sc3ccccc34)cc21. The van der Waals surface area contributed by atoms with Crippen molar-refractivity contribution in [1.29, 1.82) is 5.41 Å². The van der Waals surface area contributed by atoms with Crippen molar-refractivity contribution in [2.24, 2.45) is 0 Å². The van der Waals surface area contributed by atoms with Gasteiger partial charge in [0.1, 0.15) is 0 Å². The van der Waals surface area contributed by atoms with Crippen molar-refractivity contribution in [2.45, 2.75) is 19.3 Å². The van der Waals surface area contributed by atoms with Gasteiger partial charge in [-0.3, -0.25) is 0 Å². The molecule has 0 bridgehead atoms. The molecular formula is C43H35N3S. The average molecular weight is 626 g/mol. The van der Waals surface area contributed by atoms with Gasteiger partial charge in [0.15, 0.2) is 0 Å². The molecule has 0 amide bonds. The summed E-state index contributed by atoms with van der Waals surface area (Å²) in [6.07, 6.45) is 1.96. The molecule has 1 aliphatic rings. The number of para-hydroxylation sites is 1. The fourth-order valence-electron chi connectivity index (χ4n) is 7.02. The predicted molar refractivity (Wildman–Crippen MR) is 202 cm³/mol. The number of hydrogen-bond donors (Lipinski definition) is 3. The molecule has 0 unspecified atom stereocenters. The van der Waals surface area contributed by atoms with Crippen LogP contribution >= 0.6 is 11.3 Å². The highest BCUT2D eigenvalue weighted by Gasteiger charge is 2.35. The largest absolute Gasteiger partial charge is 0.367 e. The van der Waals surface area contributed by atoms with E-state index in [-0.39, 0.29) is 5.41 Å². The third kappa shape index (κ3) is 5.11. The summed E-state index contributed by atoms with van der Waals surface area (Å²) in [4.78, 5) is 0. The van der Waals surface area contributed by atoms with Gasteiger partial charge < -0.3 is 16.0 Å². The Morgan fingerprint density at radius 2 is 1.38 bits per heavy atom. The van der Waals surface area contributed by atoms with Crippen LogP contribution in [0.1, 0.15) is 36.1 Å². The summed E-state index contributed by atoms with van der Waals surface area (Å²) >= 11 is 1.80. The number of fused-ring (bicyclic) bond motifs is 6. The molecule has 0 spiro atoms. The molecule has 0 aliphatic heterocycles. The van der Waals surface area contributed by atoms with Crippen molar-refractivity contribution >= 4 is 48.6 Å². The van der Waals surface area contributed by atoms with E-state index < -0.39 is 0 Å². The fraction of sp³-hybridized carbons (Fsp3) is 0.0930. The van der Waals surface area contributed by atoms with Gasteiger partial charge in [0.25, 0.3) is 0 Å². The second-order valence-electron chi connectivity index (χ2n) is 12.6. The molecule has 47 heavy (non-hydrogen) atoms. The number of anilines is 1. The van der Waals surface area contributed by atoms with Gasteiger partial charge >= 0.3 is 0 Å². The number of hydrogen-bond acceptors (Lipinski definition) is 4. The summed E-state index contributed by atoms with van der Waals surface area (Å²) in [5, 5.41) is 18.8. The van der Waals surface area contributed by atoms with Gasteiger partial charge in [0.2, 0.25) is 0 Å². The van der Waals surface area contributed by atoms with E-state index in [0.717, 1.165) is 28.1 Å². The number of benzene rings is 6. The first-order valence-corrected chi connectivity index (χ1v) is 16.9. The standard InChI is InChI=1S/C43H35N3S/c1-43(2)36-20-9-6-16-31(36)32-24-23-29(25-37(32)43)30-15-7-10-21-39(30)45-27-46-40(26-38(44)28-13-4-3-5-14-28)35-19-12-18-34-33-17-8-11-22-41(33)47-42(34)35/h3-26,44-46H,27H2,1-2H3/b40-26-,44-38?. The van der Waals surface area contributed by atoms with Gasteiger partial charge in [-0.25, -0.2) is 0 Å². The Hall–Kier alpha value is -5.45. The second-order valence-corrected chi connectivity index (χ2v) is 13.7. The average Bonchev–Trinajstić information content (AvgIpc) is 3.60. The summed E-state index contributed by atoms with van der Waals surface area (Å²) in [6.45, 7) is 5.15. The molecule has 3 nitrogen and oxygen atoms in total. The molecule has 0 saturated carbocycles. The van der Waals surface area contributed by atoms with Crippen LogP contribution in [-0.4, -0.2) is 12.4 Å². The van der Waals surface area contributed by atoms with Crippen molar-refractivity contribution in [2.75, 3.05) is 12.0 Å². The van der Waals surface area contributed by atoms with E-state index in [4.69, 9.17) is 5.41 Å². The zero-order valence-corrected chi connectivity index (χ0v) is 27.3. The molecule has 228 valence electrons. The lowest BCUT2D eigenvalue weighted by molar-refractivity contribution is 0.660. The van der Waals surface area contributed by atoms with Crippen molar-refractivity contribution < 1.29 is 0 Å². The van der Waals surface area contributed by atoms with Crippen LogP contribution in [0.4, 0.5) is 5.69 Å². The van der Waals surface area contributed by atoms with Gasteiger partial charge in [-0.1, -0.05) is 135 Å². The fourth-order valence-corrected chi connectivity index (χ4v) is 8.25. The molecule has 3 N–H and O–H groups in total. The lowest BCUT2D eigenvalue weighted by Gasteiger charge is -2.22. The molecule has 0 radical (unpaired) electrons. The Morgan fingerprint density at radius 1 is 0.681 bits per heavy atom. The first kappa shape index (κ1) is 29.0. The highest BCUT2D eigenvalue weighted by molar-refractivity contribution is 7.26. The van der Waals surface area contributed by atoms with Crippen LogP contribution in [0.3, 0.4) is 0 Å². The van der Waals surface area contributed by atoms with E-state index in [2.05, 4.69) is 134 Å². The lowest BCUT2D eigenvalue weighted by Crippen LogP contribution is -2.22. The molecular weight excluding hydrogens is 591 g/mol. The predicted octanol–water partition coefficient (Wildman–Crippen LogP) is 11.1. The topological polar surface area (TPSA) is 47.9 Å². The molecule has 0 saturated heterocycles. The van der Waals surface area contributed by atoms with Crippen molar-refractivity contribution in [3.63, 3.8) is 0 Å². The second kappa shape index (κ2) is 11.7. The molecule has 6 aromatic carbocycles. The van der Waals surface area contributed by atoms with E-state index in [0.29, 0.717) is 12.4 Å². The zero-order chi connectivity index (χ0) is 32.0. The Bertz CT molecular complexity index is 2330. The minimum absolute atomic E-state index is 0.0532. The summed E-state index contributed by atoms with van der Waals surface area (Å²) in [5.41, 5.74) is 12.1. The zero-order valence-electron chi connectivity index (χ0n) is 26.5. The van der Waals surface area contributed by atoms with Gasteiger partial charge in [0.05, 0.1) is 12.4 Å². The molecule has 4 heteroatoms. The minimum atomic E-state index is -0.0532. The van der Waals surface area contributed by atoms with Crippen molar-refractivity contribution in [3.05, 3.63) is 168 Å². The van der Waals surface area contributed by atoms with E-state index in [1.807, 2.05) is 36.4 Å². The third-order valence-electron chi connectivity index (χ3n) is 9.45. The van der Waals surface area contributed by atoms with Crippen molar-refractivity contribution in [3.8, 4) is 22.3 Å². The summed E-state index contributed by atoms with van der Waals surface area (Å²) < 4.78 is 2.48. The van der Waals surface area contributed by atoms with Gasteiger partial charge in [-0.2, -0.15) is 0 Å². The highest BCUT2D eigenvalue weighted by atomic mass is 32.1. The molecule has 8 rings (SSSR count). The number of allylic oxidation sites excluding steroid dienone is 1. The van der Waals surface area contributed by atoms with Crippen LogP contribution in [0.25, 0.3) is 48.1 Å². The Labute approximate surface area is 279 Å². The maximum Gasteiger partial charge on any atom is 0.0849 e. The van der Waals surface area contributed by atoms with Crippen LogP contribution in [0.2, 0.25) is 0 Å². The van der Waals surface area contributed by atoms with Gasteiger partial charge in [0, 0.05) is 48.1 Å². The van der Waals surface area contributed by atoms with Crippen LogP contribution < -0.4 is 10.6 Å². The Balaban J connectivity index is 1.12. The number of nitrogens with one attached hydrogen (secondary N) is 3. The molecule has 1 heterocycles. The van der Waals surface area contributed by atoms with E-state index in [9.17, 15) is 0 Å². The minimum Gasteiger partial charge on any atom is -0.367 e. The normalized spacial score (nSPS) is 13.4. The highest BCUT2D eigenvalue weighted by Crippen LogP contribution is 2.49. The summed E-state index contributed by atoms with van der Waals surface area (Å²) in [7, 11) is 0. The smallest absolute Gasteiger partial charge is 0.0849 e. The quantitative estimate of drug-likeness (QED) is 0.116. The molecule has 0 fully saturated rings. The maximum absolute atomic E-state index is 8.98. The molecule has 1 aromatic heterocycles. The Morgan fingerprint density at radius 3 is 2.26 bits per heavy atom. The molecule has 7 aromatic rings. The molecule has 0 atom stereocenters. The first-order valence-electron chi connectivity index (χ1n) is 16.1. The monoisotopic (exact) mass is 625 g/mol. The van der Waals surface area contributed by atoms with Crippen LogP contribution in [-0.2, 0) is 5.41 Å². The van der Waals surface area contributed by atoms with E-state index >= 15 is 0 Å². The maximum atomic E-state index is 8.98.